The number of phenols is 2. The molecule has 0 saturated carbocycles. The van der Waals surface area contributed by atoms with Gasteiger partial charge in [-0.15, -0.1) is 0 Å². The first-order valence-corrected chi connectivity index (χ1v) is 6.44. The van der Waals surface area contributed by atoms with Gasteiger partial charge in [-0.25, -0.2) is 9.89 Å². The van der Waals surface area contributed by atoms with Crippen LogP contribution < -0.4 is 5.69 Å². The summed E-state index contributed by atoms with van der Waals surface area (Å²) in [6.07, 6.45) is 1.49. The average molecular weight is 296 g/mol. The average Bonchev–Trinajstić information content (AvgIpc) is 2.89. The van der Waals surface area contributed by atoms with Crippen molar-refractivity contribution in [3.05, 3.63) is 64.6 Å². The zero-order valence-electron chi connectivity index (χ0n) is 11.3. The molecule has 7 heteroatoms. The quantitative estimate of drug-likeness (QED) is 0.638. The highest BCUT2D eigenvalue weighted by atomic mass is 16.3. The van der Waals surface area contributed by atoms with Gasteiger partial charge in [0.15, 0.2) is 5.82 Å². The van der Waals surface area contributed by atoms with Crippen LogP contribution >= 0.6 is 0 Å². The lowest BCUT2D eigenvalue weighted by atomic mass is 10.2. The second kappa shape index (κ2) is 5.57. The van der Waals surface area contributed by atoms with E-state index in [4.69, 9.17) is 0 Å². The summed E-state index contributed by atoms with van der Waals surface area (Å²) in [5, 5.41) is 28.9. The summed E-state index contributed by atoms with van der Waals surface area (Å²) < 4.78 is 1.12. The molecule has 0 unspecified atom stereocenters. The number of aromatic nitrogens is 3. The molecule has 1 aromatic heterocycles. The molecule has 0 aliphatic rings. The standard InChI is InChI=1S/C15H12N4O3/c20-12-5-1-10(2-6-12)9-16-19-14(17-18-15(19)22)11-3-7-13(21)8-4-11/h1-9,20-21H,(H,18,22)/b16-9+. The molecule has 3 rings (SSSR count). The largest absolute Gasteiger partial charge is 0.508 e. The van der Waals surface area contributed by atoms with E-state index in [1.807, 2.05) is 0 Å². The topological polar surface area (TPSA) is 104 Å². The Morgan fingerprint density at radius 2 is 1.59 bits per heavy atom. The van der Waals surface area contributed by atoms with Gasteiger partial charge >= 0.3 is 5.69 Å². The predicted molar refractivity (Wildman–Crippen MR) is 81.0 cm³/mol. The summed E-state index contributed by atoms with van der Waals surface area (Å²) in [4.78, 5) is 11.8. The molecule has 1 heterocycles. The minimum Gasteiger partial charge on any atom is -0.508 e. The summed E-state index contributed by atoms with van der Waals surface area (Å²) in [5.41, 5.74) is 0.889. The lowest BCUT2D eigenvalue weighted by Gasteiger charge is -2.00. The number of rotatable bonds is 3. The first-order chi connectivity index (χ1) is 10.6. The highest BCUT2D eigenvalue weighted by molar-refractivity contribution is 5.79. The van der Waals surface area contributed by atoms with E-state index in [1.54, 1.807) is 24.3 Å². The van der Waals surface area contributed by atoms with Crippen LogP contribution in [0.15, 0.2) is 58.4 Å². The molecular weight excluding hydrogens is 284 g/mol. The second-order valence-electron chi connectivity index (χ2n) is 4.55. The fourth-order valence-corrected chi connectivity index (χ4v) is 1.88. The van der Waals surface area contributed by atoms with Crippen molar-refractivity contribution >= 4 is 6.21 Å². The molecule has 2 aromatic carbocycles. The molecule has 0 amide bonds. The van der Waals surface area contributed by atoms with E-state index < -0.39 is 5.69 Å². The maximum absolute atomic E-state index is 11.8. The van der Waals surface area contributed by atoms with Gasteiger partial charge in [0.25, 0.3) is 0 Å². The number of hydrogen-bond donors (Lipinski definition) is 3. The minimum atomic E-state index is -0.474. The number of nitrogens with one attached hydrogen (secondary N) is 1. The fraction of sp³-hybridized carbons (Fsp3) is 0. The molecule has 22 heavy (non-hydrogen) atoms. The van der Waals surface area contributed by atoms with Crippen molar-refractivity contribution in [2.24, 2.45) is 5.10 Å². The van der Waals surface area contributed by atoms with Crippen molar-refractivity contribution in [3.8, 4) is 22.9 Å². The third-order valence-corrected chi connectivity index (χ3v) is 2.99. The highest BCUT2D eigenvalue weighted by Crippen LogP contribution is 2.18. The molecule has 3 aromatic rings. The Hall–Kier alpha value is -3.35. The Labute approximate surface area is 124 Å². The molecule has 0 aliphatic carbocycles. The smallest absolute Gasteiger partial charge is 0.364 e. The minimum absolute atomic E-state index is 0.126. The van der Waals surface area contributed by atoms with Gasteiger partial charge in [-0.3, -0.25) is 0 Å². The normalized spacial score (nSPS) is 11.1. The summed E-state index contributed by atoms with van der Waals surface area (Å²) in [5.74, 6) is 0.614. The number of H-pyrrole nitrogens is 1. The first kappa shape index (κ1) is 13.6. The Balaban J connectivity index is 1.97. The van der Waals surface area contributed by atoms with Gasteiger partial charge in [-0.05, 0) is 54.1 Å². The van der Waals surface area contributed by atoms with Gasteiger partial charge in [0, 0.05) is 5.56 Å². The van der Waals surface area contributed by atoms with Gasteiger partial charge in [-0.1, -0.05) is 0 Å². The SMILES string of the molecule is O=c1[nH]nc(-c2ccc(O)cc2)n1/N=C/c1ccc(O)cc1. The van der Waals surface area contributed by atoms with Crippen LogP contribution in [-0.2, 0) is 0 Å². The highest BCUT2D eigenvalue weighted by Gasteiger charge is 2.09. The zero-order valence-corrected chi connectivity index (χ0v) is 11.3. The van der Waals surface area contributed by atoms with E-state index in [0.29, 0.717) is 11.4 Å². The molecule has 0 spiro atoms. The van der Waals surface area contributed by atoms with Crippen LogP contribution in [0.2, 0.25) is 0 Å². The Bertz CT molecular complexity index is 861. The molecular formula is C15H12N4O3. The van der Waals surface area contributed by atoms with E-state index in [9.17, 15) is 15.0 Å². The lowest BCUT2D eigenvalue weighted by Crippen LogP contribution is -2.13. The molecule has 3 N–H and O–H groups in total. The van der Waals surface area contributed by atoms with Crippen LogP contribution in [0.3, 0.4) is 0 Å². The van der Waals surface area contributed by atoms with Crippen molar-refractivity contribution in [1.29, 1.82) is 0 Å². The van der Waals surface area contributed by atoms with E-state index >= 15 is 0 Å². The lowest BCUT2D eigenvalue weighted by molar-refractivity contribution is 0.475. The van der Waals surface area contributed by atoms with Gasteiger partial charge in [0.1, 0.15) is 11.5 Å². The number of aromatic amines is 1. The number of nitrogens with zero attached hydrogens (tertiary/aromatic N) is 3. The number of phenolic OH excluding ortho intramolecular Hbond substituents is 2. The van der Waals surface area contributed by atoms with Crippen molar-refractivity contribution in [3.63, 3.8) is 0 Å². The van der Waals surface area contributed by atoms with Crippen LogP contribution in [-0.4, -0.2) is 31.3 Å². The van der Waals surface area contributed by atoms with Gasteiger partial charge in [-0.2, -0.15) is 14.9 Å². The van der Waals surface area contributed by atoms with Crippen LogP contribution in [0.25, 0.3) is 11.4 Å². The molecule has 0 fully saturated rings. The Morgan fingerprint density at radius 3 is 2.23 bits per heavy atom. The summed E-state index contributed by atoms with van der Waals surface area (Å²) >= 11 is 0. The van der Waals surface area contributed by atoms with Crippen molar-refractivity contribution in [1.82, 2.24) is 14.9 Å². The Morgan fingerprint density at radius 1 is 1.00 bits per heavy atom. The van der Waals surface area contributed by atoms with Crippen LogP contribution in [0, 0.1) is 0 Å². The number of benzene rings is 2. The van der Waals surface area contributed by atoms with Crippen LogP contribution in [0.5, 0.6) is 11.5 Å². The molecule has 110 valence electrons. The van der Waals surface area contributed by atoms with Crippen LogP contribution in [0.4, 0.5) is 0 Å². The van der Waals surface area contributed by atoms with Gasteiger partial charge < -0.3 is 10.2 Å². The third-order valence-electron chi connectivity index (χ3n) is 2.99. The van der Waals surface area contributed by atoms with Gasteiger partial charge in [0.2, 0.25) is 0 Å². The van der Waals surface area contributed by atoms with E-state index in [1.165, 1.54) is 30.5 Å². The van der Waals surface area contributed by atoms with Crippen molar-refractivity contribution in [2.45, 2.75) is 0 Å². The monoisotopic (exact) mass is 296 g/mol. The van der Waals surface area contributed by atoms with Gasteiger partial charge in [0.05, 0.1) is 6.21 Å². The zero-order chi connectivity index (χ0) is 15.5. The fourth-order valence-electron chi connectivity index (χ4n) is 1.88. The first-order valence-electron chi connectivity index (χ1n) is 6.44. The maximum Gasteiger partial charge on any atom is 0.364 e. The number of aromatic hydroxyl groups is 2. The molecule has 7 nitrogen and oxygen atoms in total. The summed E-state index contributed by atoms with van der Waals surface area (Å²) in [6.45, 7) is 0. The third kappa shape index (κ3) is 2.73. The maximum atomic E-state index is 11.8. The van der Waals surface area contributed by atoms with Crippen molar-refractivity contribution < 1.29 is 10.2 Å². The molecule has 0 radical (unpaired) electrons. The van der Waals surface area contributed by atoms with Crippen LogP contribution in [0.1, 0.15) is 5.56 Å². The van der Waals surface area contributed by atoms with Crippen molar-refractivity contribution in [2.75, 3.05) is 0 Å². The van der Waals surface area contributed by atoms with E-state index in [-0.39, 0.29) is 11.5 Å². The Kier molecular flexibility index (Phi) is 3.45. The second-order valence-corrected chi connectivity index (χ2v) is 4.55. The molecule has 0 saturated heterocycles. The van der Waals surface area contributed by atoms with E-state index in [2.05, 4.69) is 15.3 Å². The van der Waals surface area contributed by atoms with E-state index in [0.717, 1.165) is 10.2 Å². The number of hydrogen-bond acceptors (Lipinski definition) is 5. The molecule has 0 bridgehead atoms. The predicted octanol–water partition coefficient (Wildman–Crippen LogP) is 1.53. The molecule has 0 atom stereocenters. The summed E-state index contributed by atoms with van der Waals surface area (Å²) in [7, 11) is 0. The molecule has 0 aliphatic heterocycles. The summed E-state index contributed by atoms with van der Waals surface area (Å²) in [6, 6.07) is 12.7.